The summed E-state index contributed by atoms with van der Waals surface area (Å²) in [4.78, 5) is 31.2. The van der Waals surface area contributed by atoms with Gasteiger partial charge >= 0.3 is 6.03 Å². The number of carbonyl (C=O) groups is 2. The highest BCUT2D eigenvalue weighted by Crippen LogP contribution is 2.23. The summed E-state index contributed by atoms with van der Waals surface area (Å²) in [5.74, 6) is -0.715. The number of thiophene rings is 1. The van der Waals surface area contributed by atoms with Crippen LogP contribution in [-0.2, 0) is 6.54 Å². The molecule has 33 heavy (non-hydrogen) atoms. The van der Waals surface area contributed by atoms with Gasteiger partial charge in [-0.05, 0) is 56.4 Å². The Bertz CT molecular complexity index is 1090. The predicted octanol–water partition coefficient (Wildman–Crippen LogP) is 3.61. The van der Waals surface area contributed by atoms with Gasteiger partial charge in [-0.2, -0.15) is 0 Å². The monoisotopic (exact) mass is 470 g/mol. The van der Waals surface area contributed by atoms with Gasteiger partial charge in [-0.15, -0.1) is 11.3 Å². The van der Waals surface area contributed by atoms with E-state index in [1.807, 2.05) is 19.0 Å². The highest BCUT2D eigenvalue weighted by atomic mass is 32.1. The van der Waals surface area contributed by atoms with Gasteiger partial charge in [0.15, 0.2) is 0 Å². The second-order valence-corrected chi connectivity index (χ2v) is 8.52. The molecule has 0 spiro atoms. The van der Waals surface area contributed by atoms with E-state index in [0.29, 0.717) is 23.4 Å². The first-order valence-electron chi connectivity index (χ1n) is 10.3. The van der Waals surface area contributed by atoms with E-state index in [-0.39, 0.29) is 36.0 Å². The number of urea groups is 1. The summed E-state index contributed by atoms with van der Waals surface area (Å²) in [5, 5.41) is 11.9. The average molecular weight is 471 g/mol. The number of aromatic nitrogens is 1. The van der Waals surface area contributed by atoms with Crippen molar-refractivity contribution in [1.29, 1.82) is 0 Å². The molecule has 2 heterocycles. The number of amides is 3. The van der Waals surface area contributed by atoms with E-state index in [1.54, 1.807) is 41.2 Å². The molecule has 10 heteroatoms. The number of rotatable bonds is 9. The number of hydrogen-bond acceptors (Lipinski definition) is 6. The van der Waals surface area contributed by atoms with Crippen LogP contribution >= 0.6 is 11.3 Å². The molecule has 3 aromatic rings. The third-order valence-electron chi connectivity index (χ3n) is 4.87. The number of nitrogens with one attached hydrogen (secondary N) is 3. The molecule has 0 bridgehead atoms. The van der Waals surface area contributed by atoms with Crippen molar-refractivity contribution >= 4 is 34.6 Å². The molecular weight excluding hydrogens is 443 g/mol. The van der Waals surface area contributed by atoms with E-state index in [2.05, 4.69) is 20.9 Å². The first kappa shape index (κ1) is 24.1. The molecule has 174 valence electrons. The van der Waals surface area contributed by atoms with Crippen LogP contribution in [0.1, 0.15) is 34.1 Å². The number of hydrogen-bond donors (Lipinski definition) is 4. The van der Waals surface area contributed by atoms with Gasteiger partial charge < -0.3 is 26.6 Å². The van der Waals surface area contributed by atoms with Gasteiger partial charge in [0.1, 0.15) is 11.5 Å². The van der Waals surface area contributed by atoms with E-state index < -0.39 is 0 Å². The maximum Gasteiger partial charge on any atom is 0.315 e. The predicted molar refractivity (Wildman–Crippen MR) is 129 cm³/mol. The van der Waals surface area contributed by atoms with E-state index in [9.17, 15) is 14.0 Å². The van der Waals surface area contributed by atoms with Crippen molar-refractivity contribution in [3.8, 4) is 0 Å². The van der Waals surface area contributed by atoms with Crippen molar-refractivity contribution in [3.05, 3.63) is 76.0 Å². The summed E-state index contributed by atoms with van der Waals surface area (Å²) in [5.41, 5.74) is 8.54. The molecule has 0 saturated heterocycles. The lowest BCUT2D eigenvalue weighted by molar-refractivity contribution is 0.102. The summed E-state index contributed by atoms with van der Waals surface area (Å²) in [6.07, 6.45) is 2.22. The van der Waals surface area contributed by atoms with Crippen LogP contribution in [0.2, 0.25) is 0 Å². The lowest BCUT2D eigenvalue weighted by atomic mass is 10.1. The maximum absolute atomic E-state index is 13.3. The molecule has 1 aromatic carbocycles. The Balaban J connectivity index is 1.64. The van der Waals surface area contributed by atoms with E-state index >= 15 is 0 Å². The summed E-state index contributed by atoms with van der Waals surface area (Å²) < 4.78 is 13.3. The Kier molecular flexibility index (Phi) is 8.34. The van der Waals surface area contributed by atoms with Gasteiger partial charge in [0.25, 0.3) is 5.91 Å². The van der Waals surface area contributed by atoms with Crippen LogP contribution in [0, 0.1) is 5.82 Å². The first-order chi connectivity index (χ1) is 15.8. The van der Waals surface area contributed by atoms with Gasteiger partial charge in [0.2, 0.25) is 0 Å². The Morgan fingerprint density at radius 3 is 2.67 bits per heavy atom. The summed E-state index contributed by atoms with van der Waals surface area (Å²) in [7, 11) is 3.89. The number of anilines is 2. The second-order valence-electron chi connectivity index (χ2n) is 7.77. The van der Waals surface area contributed by atoms with Crippen molar-refractivity contribution in [2.24, 2.45) is 0 Å². The Morgan fingerprint density at radius 1 is 1.21 bits per heavy atom. The van der Waals surface area contributed by atoms with Crippen LogP contribution in [0.25, 0.3) is 0 Å². The standard InChI is InChI=1S/C23H27FN6O2S/c1-30(2)9-8-19(29-23(32)27-11-15-4-3-5-17(24)10-15)16-6-7-20(26-12-16)22(31)28-21-14-33-13-18(21)25/h3-7,10,12-14,19H,8-9,11,25H2,1-2H3,(H,28,31)(H2,27,29,32). The largest absolute Gasteiger partial charge is 0.396 e. The fourth-order valence-corrected chi connectivity index (χ4v) is 3.76. The van der Waals surface area contributed by atoms with Crippen LogP contribution in [0.4, 0.5) is 20.6 Å². The van der Waals surface area contributed by atoms with Gasteiger partial charge in [0, 0.05) is 23.5 Å². The third kappa shape index (κ3) is 7.26. The smallest absolute Gasteiger partial charge is 0.315 e. The zero-order valence-electron chi connectivity index (χ0n) is 18.5. The molecule has 2 aromatic heterocycles. The van der Waals surface area contributed by atoms with Gasteiger partial charge in [0.05, 0.1) is 17.4 Å². The summed E-state index contributed by atoms with van der Waals surface area (Å²) in [6, 6.07) is 8.75. The molecule has 3 rings (SSSR count). The normalized spacial score (nSPS) is 11.8. The SMILES string of the molecule is CN(C)CCC(NC(=O)NCc1cccc(F)c1)c1ccc(C(=O)Nc2cscc2N)nc1. The zero-order chi connectivity index (χ0) is 23.8. The average Bonchev–Trinajstić information content (AvgIpc) is 3.19. The number of nitrogens with two attached hydrogens (primary N) is 1. The molecule has 0 radical (unpaired) electrons. The Hall–Kier alpha value is -3.50. The first-order valence-corrected chi connectivity index (χ1v) is 11.3. The Morgan fingerprint density at radius 2 is 2.03 bits per heavy atom. The molecule has 1 unspecified atom stereocenters. The molecule has 0 aliphatic carbocycles. The van der Waals surface area contributed by atoms with Gasteiger partial charge in [-0.25, -0.2) is 9.18 Å². The molecule has 3 amide bonds. The highest BCUT2D eigenvalue weighted by Gasteiger charge is 2.17. The molecule has 0 fully saturated rings. The van der Waals surface area contributed by atoms with Crippen molar-refractivity contribution in [2.75, 3.05) is 31.7 Å². The number of carbonyl (C=O) groups excluding carboxylic acids is 2. The zero-order valence-corrected chi connectivity index (χ0v) is 19.3. The van der Waals surface area contributed by atoms with E-state index in [1.165, 1.54) is 23.5 Å². The minimum Gasteiger partial charge on any atom is -0.396 e. The minimum absolute atomic E-state index is 0.201. The molecule has 5 N–H and O–H groups in total. The van der Waals surface area contributed by atoms with Crippen LogP contribution < -0.4 is 21.7 Å². The van der Waals surface area contributed by atoms with Crippen molar-refractivity contribution in [2.45, 2.75) is 19.0 Å². The quantitative estimate of drug-likeness (QED) is 0.382. The molecule has 0 saturated carbocycles. The van der Waals surface area contributed by atoms with E-state index in [4.69, 9.17) is 5.73 Å². The van der Waals surface area contributed by atoms with Gasteiger partial charge in [-0.1, -0.05) is 18.2 Å². The topological polar surface area (TPSA) is 112 Å². The molecule has 8 nitrogen and oxygen atoms in total. The number of nitrogens with zero attached hydrogens (tertiary/aromatic N) is 2. The third-order valence-corrected chi connectivity index (χ3v) is 5.64. The van der Waals surface area contributed by atoms with E-state index in [0.717, 1.165) is 12.1 Å². The minimum atomic E-state index is -0.377. The fourth-order valence-electron chi connectivity index (χ4n) is 3.09. The molecule has 1 atom stereocenters. The summed E-state index contributed by atoms with van der Waals surface area (Å²) in [6.45, 7) is 0.932. The van der Waals surface area contributed by atoms with Crippen LogP contribution in [-0.4, -0.2) is 42.5 Å². The number of nitrogen functional groups attached to an aromatic ring is 1. The molecular formula is C23H27FN6O2S. The highest BCUT2D eigenvalue weighted by molar-refractivity contribution is 7.09. The number of halogens is 1. The lowest BCUT2D eigenvalue weighted by Gasteiger charge is -2.21. The van der Waals surface area contributed by atoms with Crippen LogP contribution in [0.5, 0.6) is 0 Å². The number of pyridine rings is 1. The molecule has 0 aliphatic rings. The lowest BCUT2D eigenvalue weighted by Crippen LogP contribution is -2.38. The van der Waals surface area contributed by atoms with Crippen LogP contribution in [0.3, 0.4) is 0 Å². The maximum atomic E-state index is 13.3. The van der Waals surface area contributed by atoms with Crippen molar-refractivity contribution in [1.82, 2.24) is 20.5 Å². The van der Waals surface area contributed by atoms with Crippen molar-refractivity contribution < 1.29 is 14.0 Å². The Labute approximate surface area is 196 Å². The molecule has 0 aliphatic heterocycles. The fraction of sp³-hybridized carbons (Fsp3) is 0.261. The number of benzene rings is 1. The van der Waals surface area contributed by atoms with Crippen LogP contribution in [0.15, 0.2) is 53.4 Å². The van der Waals surface area contributed by atoms with Gasteiger partial charge in [-0.3, -0.25) is 9.78 Å². The van der Waals surface area contributed by atoms with Crippen molar-refractivity contribution in [3.63, 3.8) is 0 Å². The second kappa shape index (κ2) is 11.4. The summed E-state index contributed by atoms with van der Waals surface area (Å²) >= 11 is 1.40.